The van der Waals surface area contributed by atoms with Gasteiger partial charge >= 0.3 is 0 Å². The summed E-state index contributed by atoms with van der Waals surface area (Å²) in [4.78, 5) is 0. The van der Waals surface area contributed by atoms with Crippen molar-refractivity contribution in [3.8, 4) is 0 Å². The normalized spacial score (nSPS) is 13.4. The van der Waals surface area contributed by atoms with Gasteiger partial charge in [-0.1, -0.05) is 62.8 Å². The molecule has 1 aromatic rings. The highest BCUT2D eigenvalue weighted by Gasteiger charge is 1.90. The first-order valence-corrected chi connectivity index (χ1v) is 5.03. The van der Waals surface area contributed by atoms with Gasteiger partial charge in [0, 0.05) is 0 Å². The largest absolute Gasteiger partial charge is 0.0854 e. The monoisotopic (exact) mass is 174 g/mol. The van der Waals surface area contributed by atoms with E-state index in [0.717, 1.165) is 6.42 Å². The van der Waals surface area contributed by atoms with Crippen LogP contribution >= 0.6 is 0 Å². The molecule has 1 atom stereocenters. The van der Waals surface area contributed by atoms with E-state index in [2.05, 4.69) is 56.3 Å². The standard InChI is InChI=1S/C13H18/c1-3-12(2)8-7-11-13-9-5-4-6-10-13/h4-10,12H,3,11H2,1-2H3. The molecule has 13 heavy (non-hydrogen) atoms. The maximum atomic E-state index is 2.30. The second kappa shape index (κ2) is 5.58. The van der Waals surface area contributed by atoms with Gasteiger partial charge in [0.25, 0.3) is 0 Å². The van der Waals surface area contributed by atoms with Crippen LogP contribution in [-0.4, -0.2) is 0 Å². The molecule has 0 fully saturated rings. The molecule has 0 N–H and O–H groups in total. The molecule has 1 rings (SSSR count). The topological polar surface area (TPSA) is 0 Å². The summed E-state index contributed by atoms with van der Waals surface area (Å²) in [5, 5.41) is 0. The Kier molecular flexibility index (Phi) is 4.31. The van der Waals surface area contributed by atoms with Crippen LogP contribution in [0, 0.1) is 5.92 Å². The zero-order valence-electron chi connectivity index (χ0n) is 8.53. The first-order valence-electron chi connectivity index (χ1n) is 5.03. The van der Waals surface area contributed by atoms with Crippen LogP contribution in [0.3, 0.4) is 0 Å². The molecular weight excluding hydrogens is 156 g/mol. The van der Waals surface area contributed by atoms with Gasteiger partial charge < -0.3 is 0 Å². The Labute approximate surface area is 81.3 Å². The van der Waals surface area contributed by atoms with Gasteiger partial charge in [0.15, 0.2) is 0 Å². The second-order valence-corrected chi connectivity index (χ2v) is 3.50. The average Bonchev–Trinajstić information content (AvgIpc) is 2.19. The zero-order chi connectivity index (χ0) is 9.52. The molecule has 0 radical (unpaired) electrons. The molecule has 0 bridgehead atoms. The van der Waals surface area contributed by atoms with Crippen molar-refractivity contribution in [1.29, 1.82) is 0 Å². The van der Waals surface area contributed by atoms with E-state index < -0.39 is 0 Å². The highest BCUT2D eigenvalue weighted by Crippen LogP contribution is 2.05. The minimum atomic E-state index is 0.712. The van der Waals surface area contributed by atoms with Crippen LogP contribution in [0.5, 0.6) is 0 Å². The summed E-state index contributed by atoms with van der Waals surface area (Å²) in [6.45, 7) is 4.47. The first-order chi connectivity index (χ1) is 6.33. The molecule has 1 unspecified atom stereocenters. The van der Waals surface area contributed by atoms with Gasteiger partial charge in [0.1, 0.15) is 0 Å². The highest BCUT2D eigenvalue weighted by atomic mass is 14.0. The van der Waals surface area contributed by atoms with Crippen molar-refractivity contribution in [1.82, 2.24) is 0 Å². The Bertz CT molecular complexity index is 246. The zero-order valence-corrected chi connectivity index (χ0v) is 8.53. The predicted molar refractivity (Wildman–Crippen MR) is 58.7 cm³/mol. The molecule has 0 saturated carbocycles. The van der Waals surface area contributed by atoms with Gasteiger partial charge in [-0.25, -0.2) is 0 Å². The molecule has 70 valence electrons. The molecule has 0 spiro atoms. The third-order valence-corrected chi connectivity index (χ3v) is 2.30. The fourth-order valence-corrected chi connectivity index (χ4v) is 1.19. The van der Waals surface area contributed by atoms with Crippen LogP contribution in [0.25, 0.3) is 0 Å². The fourth-order valence-electron chi connectivity index (χ4n) is 1.19. The molecule has 0 aliphatic heterocycles. The van der Waals surface area contributed by atoms with Crippen molar-refractivity contribution >= 4 is 0 Å². The van der Waals surface area contributed by atoms with E-state index in [9.17, 15) is 0 Å². The summed E-state index contributed by atoms with van der Waals surface area (Å²) in [5.41, 5.74) is 1.39. The van der Waals surface area contributed by atoms with Crippen molar-refractivity contribution in [2.45, 2.75) is 26.7 Å². The summed E-state index contributed by atoms with van der Waals surface area (Å²) in [6.07, 6.45) is 6.85. The van der Waals surface area contributed by atoms with Crippen LogP contribution < -0.4 is 0 Å². The molecule has 0 aromatic heterocycles. The predicted octanol–water partition coefficient (Wildman–Crippen LogP) is 3.83. The van der Waals surface area contributed by atoms with Crippen molar-refractivity contribution < 1.29 is 0 Å². The Balaban J connectivity index is 2.39. The van der Waals surface area contributed by atoms with E-state index in [1.165, 1.54) is 12.0 Å². The summed E-state index contributed by atoms with van der Waals surface area (Å²) in [6, 6.07) is 10.6. The van der Waals surface area contributed by atoms with Crippen LogP contribution in [0.4, 0.5) is 0 Å². The Morgan fingerprint density at radius 3 is 2.54 bits per heavy atom. The fraction of sp³-hybridized carbons (Fsp3) is 0.385. The first kappa shape index (κ1) is 10.0. The summed E-state index contributed by atoms with van der Waals surface area (Å²) >= 11 is 0. The molecule has 0 heterocycles. The lowest BCUT2D eigenvalue weighted by Crippen LogP contribution is -1.85. The summed E-state index contributed by atoms with van der Waals surface area (Å²) in [5.74, 6) is 0.712. The van der Waals surface area contributed by atoms with Gasteiger partial charge in [-0.3, -0.25) is 0 Å². The van der Waals surface area contributed by atoms with E-state index in [4.69, 9.17) is 0 Å². The molecule has 0 saturated heterocycles. The van der Waals surface area contributed by atoms with Crippen LogP contribution in [-0.2, 0) is 6.42 Å². The molecule has 0 aliphatic carbocycles. The molecule has 0 heteroatoms. The van der Waals surface area contributed by atoms with E-state index in [1.807, 2.05) is 0 Å². The molecular formula is C13H18. The maximum absolute atomic E-state index is 2.30. The lowest BCUT2D eigenvalue weighted by Gasteiger charge is -1.99. The number of hydrogen-bond acceptors (Lipinski definition) is 0. The van der Waals surface area contributed by atoms with Gasteiger partial charge in [-0.05, 0) is 17.9 Å². The molecule has 0 amide bonds. The summed E-state index contributed by atoms with van der Waals surface area (Å²) < 4.78 is 0. The van der Waals surface area contributed by atoms with E-state index in [1.54, 1.807) is 0 Å². The number of rotatable bonds is 4. The van der Waals surface area contributed by atoms with Crippen molar-refractivity contribution in [3.05, 3.63) is 48.0 Å². The highest BCUT2D eigenvalue weighted by molar-refractivity contribution is 5.17. The van der Waals surface area contributed by atoms with E-state index >= 15 is 0 Å². The number of benzene rings is 1. The minimum Gasteiger partial charge on any atom is -0.0854 e. The smallest absolute Gasteiger partial charge is 0.00974 e. The van der Waals surface area contributed by atoms with Crippen molar-refractivity contribution in [3.63, 3.8) is 0 Å². The molecule has 0 nitrogen and oxygen atoms in total. The van der Waals surface area contributed by atoms with Gasteiger partial charge in [-0.15, -0.1) is 0 Å². The Hall–Kier alpha value is -1.04. The van der Waals surface area contributed by atoms with Gasteiger partial charge in [0.2, 0.25) is 0 Å². The number of allylic oxidation sites excluding steroid dienone is 2. The van der Waals surface area contributed by atoms with Crippen LogP contribution in [0.2, 0.25) is 0 Å². The Morgan fingerprint density at radius 1 is 1.23 bits per heavy atom. The summed E-state index contributed by atoms with van der Waals surface area (Å²) in [7, 11) is 0. The van der Waals surface area contributed by atoms with E-state index in [-0.39, 0.29) is 0 Å². The van der Waals surface area contributed by atoms with Crippen LogP contribution in [0.1, 0.15) is 25.8 Å². The second-order valence-electron chi connectivity index (χ2n) is 3.50. The van der Waals surface area contributed by atoms with Crippen molar-refractivity contribution in [2.75, 3.05) is 0 Å². The molecule has 1 aromatic carbocycles. The SMILES string of the molecule is CCC(C)C=CCc1ccccc1. The van der Waals surface area contributed by atoms with Gasteiger partial charge in [-0.2, -0.15) is 0 Å². The molecule has 0 aliphatic rings. The maximum Gasteiger partial charge on any atom is -0.00974 e. The van der Waals surface area contributed by atoms with Gasteiger partial charge in [0.05, 0.1) is 0 Å². The van der Waals surface area contributed by atoms with E-state index in [0.29, 0.717) is 5.92 Å². The van der Waals surface area contributed by atoms with Crippen molar-refractivity contribution in [2.24, 2.45) is 5.92 Å². The third kappa shape index (κ3) is 3.93. The third-order valence-electron chi connectivity index (χ3n) is 2.30. The number of hydrogen-bond donors (Lipinski definition) is 0. The Morgan fingerprint density at radius 2 is 1.92 bits per heavy atom. The minimum absolute atomic E-state index is 0.712. The van der Waals surface area contributed by atoms with Crippen LogP contribution in [0.15, 0.2) is 42.5 Å². The quantitative estimate of drug-likeness (QED) is 0.608. The average molecular weight is 174 g/mol. The lowest BCUT2D eigenvalue weighted by atomic mass is 10.1. The lowest BCUT2D eigenvalue weighted by molar-refractivity contribution is 0.696.